The van der Waals surface area contributed by atoms with Crippen molar-refractivity contribution in [3.8, 4) is 5.75 Å². The lowest BCUT2D eigenvalue weighted by Crippen LogP contribution is -2.18. The fourth-order valence-electron chi connectivity index (χ4n) is 3.85. The van der Waals surface area contributed by atoms with Gasteiger partial charge in [-0.05, 0) is 49.4 Å². The number of aryl methyl sites for hydroxylation is 2. The van der Waals surface area contributed by atoms with Crippen LogP contribution in [0.25, 0.3) is 10.2 Å². The number of thioether (sulfide) groups is 1. The molecule has 1 aromatic carbocycles. The minimum Gasteiger partial charge on any atom is -0.497 e. The van der Waals surface area contributed by atoms with Crippen molar-refractivity contribution in [1.82, 2.24) is 4.57 Å². The highest BCUT2D eigenvalue weighted by Gasteiger charge is 2.26. The van der Waals surface area contributed by atoms with Crippen molar-refractivity contribution in [2.75, 3.05) is 31.0 Å². The van der Waals surface area contributed by atoms with Gasteiger partial charge in [-0.25, -0.2) is 4.79 Å². The number of anilines is 1. The number of hydrogen-bond donors (Lipinski definition) is 1. The molecule has 0 bridgehead atoms. The number of thiophene rings is 1. The van der Waals surface area contributed by atoms with Crippen LogP contribution in [0.5, 0.6) is 5.75 Å². The van der Waals surface area contributed by atoms with Gasteiger partial charge in [-0.3, -0.25) is 9.59 Å². The van der Waals surface area contributed by atoms with Crippen LogP contribution in [0.4, 0.5) is 5.00 Å². The first-order valence-electron chi connectivity index (χ1n) is 10.7. The molecule has 2 heterocycles. The Balaban J connectivity index is 1.38. The van der Waals surface area contributed by atoms with Gasteiger partial charge in [-0.15, -0.1) is 23.1 Å². The zero-order valence-corrected chi connectivity index (χ0v) is 21.6. The zero-order chi connectivity index (χ0) is 24.2. The van der Waals surface area contributed by atoms with Crippen molar-refractivity contribution in [3.63, 3.8) is 0 Å². The monoisotopic (exact) mass is 519 g/mol. The molecule has 180 valence electrons. The Kier molecular flexibility index (Phi) is 7.74. The summed E-state index contributed by atoms with van der Waals surface area (Å²) in [6.45, 7) is 0. The molecule has 3 aromatic rings. The Hall–Kier alpha value is -2.63. The van der Waals surface area contributed by atoms with Gasteiger partial charge >= 0.3 is 5.97 Å². The quantitative estimate of drug-likeness (QED) is 0.477. The van der Waals surface area contributed by atoms with Crippen molar-refractivity contribution in [2.45, 2.75) is 25.7 Å². The summed E-state index contributed by atoms with van der Waals surface area (Å²) in [5, 5.41) is 3.38. The molecule has 1 N–H and O–H groups in total. The average molecular weight is 520 g/mol. The van der Waals surface area contributed by atoms with Crippen LogP contribution in [-0.2, 0) is 34.2 Å². The van der Waals surface area contributed by atoms with Gasteiger partial charge in [0.05, 0.1) is 41.5 Å². The number of fused-ring (bicyclic) bond motifs is 2. The molecule has 0 spiro atoms. The summed E-state index contributed by atoms with van der Waals surface area (Å²) in [5.41, 5.74) is 2.43. The molecular weight excluding hydrogens is 494 g/mol. The van der Waals surface area contributed by atoms with Gasteiger partial charge in [0, 0.05) is 11.9 Å². The normalized spacial score (nSPS) is 13.6. The van der Waals surface area contributed by atoms with Crippen molar-refractivity contribution < 1.29 is 23.9 Å². The van der Waals surface area contributed by atoms with E-state index in [-0.39, 0.29) is 23.3 Å². The Labute approximate surface area is 209 Å². The molecule has 2 aromatic heterocycles. The molecule has 0 unspecified atom stereocenters. The summed E-state index contributed by atoms with van der Waals surface area (Å²) in [5.74, 6) is -0.0913. The molecule has 11 heteroatoms. The van der Waals surface area contributed by atoms with Gasteiger partial charge in [0.15, 0.2) is 4.80 Å². The second kappa shape index (κ2) is 10.7. The van der Waals surface area contributed by atoms with Crippen LogP contribution in [0.15, 0.2) is 23.2 Å². The van der Waals surface area contributed by atoms with Crippen LogP contribution in [0.2, 0.25) is 0 Å². The number of esters is 1. The first-order valence-corrected chi connectivity index (χ1v) is 13.5. The molecule has 34 heavy (non-hydrogen) atoms. The molecule has 8 nitrogen and oxygen atoms in total. The number of nitrogens with one attached hydrogen (secondary N) is 1. The van der Waals surface area contributed by atoms with Crippen LogP contribution in [0.1, 0.15) is 33.6 Å². The number of thiazole rings is 1. The van der Waals surface area contributed by atoms with E-state index in [1.807, 2.05) is 29.8 Å². The maximum Gasteiger partial charge on any atom is 0.341 e. The van der Waals surface area contributed by atoms with Gasteiger partial charge in [-0.2, -0.15) is 4.99 Å². The van der Waals surface area contributed by atoms with E-state index >= 15 is 0 Å². The summed E-state index contributed by atoms with van der Waals surface area (Å²) in [7, 11) is 4.82. The van der Waals surface area contributed by atoms with E-state index in [0.29, 0.717) is 15.4 Å². The topological polar surface area (TPSA) is 99.0 Å². The smallest absolute Gasteiger partial charge is 0.341 e. The Morgan fingerprint density at radius 3 is 2.71 bits per heavy atom. The number of methoxy groups -OCH3 is 2. The molecule has 2 amide bonds. The van der Waals surface area contributed by atoms with E-state index in [0.717, 1.165) is 52.1 Å². The van der Waals surface area contributed by atoms with Gasteiger partial charge in [0.25, 0.3) is 5.91 Å². The van der Waals surface area contributed by atoms with Gasteiger partial charge in [-0.1, -0.05) is 11.3 Å². The van der Waals surface area contributed by atoms with E-state index in [9.17, 15) is 14.4 Å². The minimum atomic E-state index is -0.426. The summed E-state index contributed by atoms with van der Waals surface area (Å²) < 4.78 is 13.0. The molecule has 1 aliphatic rings. The standard InChI is InChI=1S/C23H25N3O5S3/c1-26-15-9-8-13(30-2)10-17(15)34-23(26)25-19(28)12-32-11-18(27)24-21-20(22(29)31-3)14-6-4-5-7-16(14)33-21/h8-10H,4-7,11-12H2,1-3H3,(H,24,27). The maximum absolute atomic E-state index is 12.5. The van der Waals surface area contributed by atoms with Crippen LogP contribution in [0.3, 0.4) is 0 Å². The fraction of sp³-hybridized carbons (Fsp3) is 0.391. The third-order valence-corrected chi connectivity index (χ3v) is 8.73. The average Bonchev–Trinajstić information content (AvgIpc) is 3.34. The van der Waals surface area contributed by atoms with Crippen molar-refractivity contribution in [2.24, 2.45) is 12.0 Å². The lowest BCUT2D eigenvalue weighted by Gasteiger charge is -2.11. The third kappa shape index (κ3) is 5.21. The molecule has 0 aliphatic heterocycles. The van der Waals surface area contributed by atoms with Crippen molar-refractivity contribution in [1.29, 1.82) is 0 Å². The lowest BCUT2D eigenvalue weighted by molar-refractivity contribution is -0.115. The van der Waals surface area contributed by atoms with Crippen LogP contribution < -0.4 is 14.9 Å². The molecule has 1 aliphatic carbocycles. The zero-order valence-electron chi connectivity index (χ0n) is 19.1. The number of rotatable bonds is 7. The van der Waals surface area contributed by atoms with Gasteiger partial charge < -0.3 is 19.4 Å². The Bertz CT molecular complexity index is 1320. The minimum absolute atomic E-state index is 0.0792. The summed E-state index contributed by atoms with van der Waals surface area (Å²) in [6.07, 6.45) is 3.83. The first kappa shape index (κ1) is 24.5. The summed E-state index contributed by atoms with van der Waals surface area (Å²) >= 11 is 4.04. The van der Waals surface area contributed by atoms with Crippen LogP contribution in [-0.4, -0.2) is 48.1 Å². The van der Waals surface area contributed by atoms with E-state index in [1.165, 1.54) is 41.5 Å². The predicted octanol–water partition coefficient (Wildman–Crippen LogP) is 3.77. The fourth-order valence-corrected chi connectivity index (χ4v) is 6.81. The van der Waals surface area contributed by atoms with Crippen molar-refractivity contribution in [3.05, 3.63) is 39.0 Å². The van der Waals surface area contributed by atoms with Crippen LogP contribution >= 0.6 is 34.4 Å². The number of carbonyl (C=O) groups is 3. The molecule has 0 saturated heterocycles. The lowest BCUT2D eigenvalue weighted by atomic mass is 9.95. The molecule has 4 rings (SSSR count). The molecule has 0 saturated carbocycles. The maximum atomic E-state index is 12.5. The number of hydrogen-bond acceptors (Lipinski definition) is 8. The largest absolute Gasteiger partial charge is 0.497 e. The molecular formula is C23H25N3O5S3. The van der Waals surface area contributed by atoms with Gasteiger partial charge in [0.1, 0.15) is 10.8 Å². The van der Waals surface area contributed by atoms with E-state index in [1.54, 1.807) is 7.11 Å². The number of aromatic nitrogens is 1. The highest BCUT2D eigenvalue weighted by atomic mass is 32.2. The third-order valence-electron chi connectivity index (χ3n) is 5.51. The molecule has 0 radical (unpaired) electrons. The van der Waals surface area contributed by atoms with Crippen LogP contribution in [0, 0.1) is 0 Å². The first-order chi connectivity index (χ1) is 16.4. The molecule has 0 fully saturated rings. The van der Waals surface area contributed by atoms with Crippen molar-refractivity contribution >= 4 is 67.4 Å². The Morgan fingerprint density at radius 2 is 1.94 bits per heavy atom. The second-order valence-corrected chi connectivity index (χ2v) is 10.8. The number of nitrogens with zero attached hydrogens (tertiary/aromatic N) is 2. The molecule has 0 atom stereocenters. The van der Waals surface area contributed by atoms with E-state index in [2.05, 4.69) is 10.3 Å². The Morgan fingerprint density at radius 1 is 1.15 bits per heavy atom. The highest BCUT2D eigenvalue weighted by Crippen LogP contribution is 2.38. The SMILES string of the molecule is COC(=O)c1c(NC(=O)CSCC(=O)N=c2sc3cc(OC)ccc3n2C)sc2c1CCCC2. The highest BCUT2D eigenvalue weighted by molar-refractivity contribution is 8.00. The van der Waals surface area contributed by atoms with Gasteiger partial charge in [0.2, 0.25) is 5.91 Å². The summed E-state index contributed by atoms with van der Waals surface area (Å²) in [6, 6.07) is 5.70. The number of benzene rings is 1. The van der Waals surface area contributed by atoms with E-state index < -0.39 is 5.97 Å². The number of amides is 2. The van der Waals surface area contributed by atoms with E-state index in [4.69, 9.17) is 9.47 Å². The predicted molar refractivity (Wildman–Crippen MR) is 136 cm³/mol. The second-order valence-electron chi connectivity index (χ2n) is 7.73. The number of ether oxygens (including phenoxy) is 2. The number of carbonyl (C=O) groups excluding carboxylic acids is 3. The summed E-state index contributed by atoms with van der Waals surface area (Å²) in [4.78, 5) is 43.2.